The van der Waals surface area contributed by atoms with Crippen LogP contribution in [0, 0.1) is 13.8 Å². The molecule has 0 bridgehead atoms. The van der Waals surface area contributed by atoms with Crippen LogP contribution in [-0.2, 0) is 11.2 Å². The monoisotopic (exact) mass is 364 g/mol. The van der Waals surface area contributed by atoms with Crippen LogP contribution in [0.15, 0.2) is 35.1 Å². The molecule has 1 fully saturated rings. The Balaban J connectivity index is 1.76. The molecule has 0 unspecified atom stereocenters. The van der Waals surface area contributed by atoms with Gasteiger partial charge in [0.25, 0.3) is 5.56 Å². The summed E-state index contributed by atoms with van der Waals surface area (Å²) in [7, 11) is 0. The van der Waals surface area contributed by atoms with Gasteiger partial charge in [-0.2, -0.15) is 0 Å². The average molecular weight is 364 g/mol. The molecule has 6 heteroatoms. The van der Waals surface area contributed by atoms with Gasteiger partial charge in [0.1, 0.15) is 0 Å². The molecular weight excluding hydrogens is 340 g/mol. The Morgan fingerprint density at radius 1 is 1.11 bits per heavy atom. The predicted octanol–water partition coefficient (Wildman–Crippen LogP) is 2.86. The van der Waals surface area contributed by atoms with Crippen molar-refractivity contribution in [1.82, 2.24) is 19.5 Å². The molecule has 140 valence electrons. The number of carbonyl (C=O) groups is 1. The number of aromatic amines is 1. The Hall–Kier alpha value is -2.89. The minimum Gasteiger partial charge on any atom is -0.342 e. The number of aryl methyl sites for hydroxylation is 2. The third-order valence-electron chi connectivity index (χ3n) is 5.36. The van der Waals surface area contributed by atoms with Gasteiger partial charge >= 0.3 is 0 Å². The first-order chi connectivity index (χ1) is 13.1. The molecule has 4 rings (SSSR count). The van der Waals surface area contributed by atoms with Crippen molar-refractivity contribution >= 4 is 11.6 Å². The Labute approximate surface area is 157 Å². The van der Waals surface area contributed by atoms with Crippen molar-refractivity contribution in [2.45, 2.75) is 39.5 Å². The van der Waals surface area contributed by atoms with Crippen LogP contribution in [0.2, 0.25) is 0 Å². The number of aromatic nitrogens is 3. The fourth-order valence-electron chi connectivity index (χ4n) is 3.89. The standard InChI is InChI=1S/C21H24N4O2/c1-14-17(13-18(26)24-11-7-4-8-12-24)21(27)25-20(22-14)19(15(2)23-25)16-9-5-3-6-10-16/h3,5-6,9-10,23H,4,7-8,11-13H2,1-2H3. The minimum atomic E-state index is -0.187. The molecule has 1 aliphatic heterocycles. The summed E-state index contributed by atoms with van der Waals surface area (Å²) in [6.07, 6.45) is 3.36. The fraction of sp³-hybridized carbons (Fsp3) is 0.381. The van der Waals surface area contributed by atoms with Crippen molar-refractivity contribution in [2.75, 3.05) is 13.1 Å². The Bertz CT molecular complexity index is 1040. The summed E-state index contributed by atoms with van der Waals surface area (Å²) in [6.45, 7) is 5.32. The van der Waals surface area contributed by atoms with E-state index in [0.717, 1.165) is 42.8 Å². The number of nitrogens with one attached hydrogen (secondary N) is 1. The molecule has 0 radical (unpaired) electrons. The van der Waals surface area contributed by atoms with Gasteiger partial charge in [0.15, 0.2) is 5.65 Å². The number of nitrogens with zero attached hydrogens (tertiary/aromatic N) is 3. The minimum absolute atomic E-state index is 0.0169. The number of piperidine rings is 1. The van der Waals surface area contributed by atoms with Crippen LogP contribution in [0.5, 0.6) is 0 Å². The van der Waals surface area contributed by atoms with Gasteiger partial charge in [-0.3, -0.25) is 14.7 Å². The highest BCUT2D eigenvalue weighted by Gasteiger charge is 2.22. The highest BCUT2D eigenvalue weighted by molar-refractivity contribution is 5.81. The molecule has 6 nitrogen and oxygen atoms in total. The SMILES string of the molecule is Cc1nc2c(-c3ccccc3)c(C)[nH]n2c(=O)c1CC(=O)N1CCCCC1. The van der Waals surface area contributed by atoms with E-state index in [9.17, 15) is 9.59 Å². The van der Waals surface area contributed by atoms with E-state index in [2.05, 4.69) is 5.10 Å². The van der Waals surface area contributed by atoms with Crippen LogP contribution >= 0.6 is 0 Å². The second kappa shape index (κ2) is 7.02. The van der Waals surface area contributed by atoms with Crippen molar-refractivity contribution in [3.05, 3.63) is 57.6 Å². The van der Waals surface area contributed by atoms with Gasteiger partial charge in [0.2, 0.25) is 5.91 Å². The largest absolute Gasteiger partial charge is 0.342 e. The second-order valence-corrected chi connectivity index (χ2v) is 7.24. The molecule has 27 heavy (non-hydrogen) atoms. The number of H-pyrrole nitrogens is 1. The van der Waals surface area contributed by atoms with Gasteiger partial charge in [0.05, 0.1) is 6.42 Å². The summed E-state index contributed by atoms with van der Waals surface area (Å²) in [5.41, 5.74) is 4.33. The van der Waals surface area contributed by atoms with Gasteiger partial charge in [-0.25, -0.2) is 9.50 Å². The molecule has 3 heterocycles. The summed E-state index contributed by atoms with van der Waals surface area (Å²) >= 11 is 0. The first-order valence-electron chi connectivity index (χ1n) is 9.50. The van der Waals surface area contributed by atoms with Crippen LogP contribution in [-0.4, -0.2) is 38.5 Å². The van der Waals surface area contributed by atoms with Crippen LogP contribution in [0.25, 0.3) is 16.8 Å². The number of benzene rings is 1. The van der Waals surface area contributed by atoms with Gasteiger partial charge < -0.3 is 4.90 Å². The molecule has 2 aromatic heterocycles. The summed E-state index contributed by atoms with van der Waals surface area (Å²) < 4.78 is 1.48. The Morgan fingerprint density at radius 3 is 2.52 bits per heavy atom. The molecule has 3 aromatic rings. The van der Waals surface area contributed by atoms with Crippen molar-refractivity contribution in [1.29, 1.82) is 0 Å². The normalized spacial score (nSPS) is 14.7. The summed E-state index contributed by atoms with van der Waals surface area (Å²) in [4.78, 5) is 32.3. The number of amides is 1. The molecule has 0 aliphatic carbocycles. The van der Waals surface area contributed by atoms with Crippen molar-refractivity contribution in [3.63, 3.8) is 0 Å². The average Bonchev–Trinajstić information content (AvgIpc) is 3.02. The quantitative estimate of drug-likeness (QED) is 0.777. The van der Waals surface area contributed by atoms with E-state index >= 15 is 0 Å². The zero-order valence-corrected chi connectivity index (χ0v) is 15.8. The van der Waals surface area contributed by atoms with Crippen LogP contribution in [0.3, 0.4) is 0 Å². The number of carbonyl (C=O) groups excluding carboxylic acids is 1. The first-order valence-corrected chi connectivity index (χ1v) is 9.50. The zero-order valence-electron chi connectivity index (χ0n) is 15.8. The lowest BCUT2D eigenvalue weighted by molar-refractivity contribution is -0.131. The highest BCUT2D eigenvalue weighted by atomic mass is 16.2. The lowest BCUT2D eigenvalue weighted by Gasteiger charge is -2.26. The first kappa shape index (κ1) is 17.5. The second-order valence-electron chi connectivity index (χ2n) is 7.24. The number of likely N-dealkylation sites (tertiary alicyclic amines) is 1. The van der Waals surface area contributed by atoms with E-state index in [4.69, 9.17) is 4.98 Å². The molecular formula is C21H24N4O2. The lowest BCUT2D eigenvalue weighted by atomic mass is 10.1. The third kappa shape index (κ3) is 3.16. The van der Waals surface area contributed by atoms with Crippen LogP contribution < -0.4 is 5.56 Å². The maximum absolute atomic E-state index is 13.1. The van der Waals surface area contributed by atoms with Gasteiger partial charge in [-0.15, -0.1) is 0 Å². The zero-order chi connectivity index (χ0) is 19.0. The van der Waals surface area contributed by atoms with Gasteiger partial charge in [-0.05, 0) is 38.7 Å². The number of fused-ring (bicyclic) bond motifs is 1. The highest BCUT2D eigenvalue weighted by Crippen LogP contribution is 2.26. The van der Waals surface area contributed by atoms with Gasteiger partial charge in [-0.1, -0.05) is 30.3 Å². The number of hydrogen-bond donors (Lipinski definition) is 1. The maximum atomic E-state index is 13.1. The van der Waals surface area contributed by atoms with E-state index in [1.54, 1.807) is 0 Å². The molecule has 1 amide bonds. The van der Waals surface area contributed by atoms with Crippen molar-refractivity contribution in [3.8, 4) is 11.1 Å². The molecule has 1 N–H and O–H groups in total. The summed E-state index contributed by atoms with van der Waals surface area (Å²) in [5, 5.41) is 3.13. The molecule has 1 aliphatic rings. The van der Waals surface area contributed by atoms with E-state index in [1.807, 2.05) is 49.1 Å². The third-order valence-corrected chi connectivity index (χ3v) is 5.36. The maximum Gasteiger partial charge on any atom is 0.276 e. The fourth-order valence-corrected chi connectivity index (χ4v) is 3.89. The van der Waals surface area contributed by atoms with Gasteiger partial charge in [0, 0.05) is 35.6 Å². The summed E-state index contributed by atoms with van der Waals surface area (Å²) in [5.74, 6) is 0.0169. The lowest BCUT2D eigenvalue weighted by Crippen LogP contribution is -2.38. The Kier molecular flexibility index (Phi) is 4.56. The number of rotatable bonds is 3. The van der Waals surface area contributed by atoms with Crippen molar-refractivity contribution < 1.29 is 4.79 Å². The Morgan fingerprint density at radius 2 is 1.81 bits per heavy atom. The van der Waals surface area contributed by atoms with Crippen LogP contribution in [0.1, 0.15) is 36.2 Å². The molecule has 1 aromatic carbocycles. The topological polar surface area (TPSA) is 70.5 Å². The molecule has 0 atom stereocenters. The molecule has 0 saturated carbocycles. The smallest absolute Gasteiger partial charge is 0.276 e. The van der Waals surface area contributed by atoms with E-state index in [1.165, 1.54) is 10.9 Å². The van der Waals surface area contributed by atoms with E-state index < -0.39 is 0 Å². The van der Waals surface area contributed by atoms with E-state index in [0.29, 0.717) is 16.9 Å². The van der Waals surface area contributed by atoms with Crippen molar-refractivity contribution in [2.24, 2.45) is 0 Å². The molecule has 0 spiro atoms. The number of hydrogen-bond acceptors (Lipinski definition) is 3. The molecule has 1 saturated heterocycles. The summed E-state index contributed by atoms with van der Waals surface area (Å²) in [6, 6.07) is 9.91. The van der Waals surface area contributed by atoms with E-state index in [-0.39, 0.29) is 17.9 Å². The van der Waals surface area contributed by atoms with Crippen LogP contribution in [0.4, 0.5) is 0 Å². The predicted molar refractivity (Wildman–Crippen MR) is 105 cm³/mol.